The molecule has 4 aromatic heterocycles. The molecule has 0 aliphatic heterocycles. The van der Waals surface area contributed by atoms with Crippen molar-refractivity contribution in [2.24, 2.45) is 0 Å². The number of nitrogens with zero attached hydrogens (tertiary/aromatic N) is 5. The quantitative estimate of drug-likeness (QED) is 0.0275. The molecule has 0 amide bonds. The summed E-state index contributed by atoms with van der Waals surface area (Å²) < 4.78 is 127. The minimum Gasteiger partial charge on any atom is -0.478 e. The third kappa shape index (κ3) is 18.1. The summed E-state index contributed by atoms with van der Waals surface area (Å²) in [5, 5.41) is 68.7. The highest BCUT2D eigenvalue weighted by Crippen LogP contribution is 2.45. The van der Waals surface area contributed by atoms with Crippen molar-refractivity contribution in [3.05, 3.63) is 289 Å². The van der Waals surface area contributed by atoms with Crippen LogP contribution < -0.4 is 0 Å². The number of carboxylic acid groups (broad SMARTS) is 7. The van der Waals surface area contributed by atoms with Gasteiger partial charge in [-0.05, 0) is 205 Å². The molecule has 112 heavy (non-hydrogen) atoms. The normalized spacial score (nSPS) is 10.8. The Balaban J connectivity index is 0.000000186. The second-order valence-electron chi connectivity index (χ2n) is 24.8. The second kappa shape index (κ2) is 34.9. The van der Waals surface area contributed by atoms with Crippen molar-refractivity contribution in [2.45, 2.75) is 54.8 Å². The van der Waals surface area contributed by atoms with E-state index in [4.69, 9.17) is 35.0 Å². The molecule has 12 aromatic rings. The van der Waals surface area contributed by atoms with Crippen LogP contribution >= 0.6 is 0 Å². The van der Waals surface area contributed by atoms with E-state index in [1.807, 2.05) is 90.1 Å². The number of hydrogen-bond donors (Lipinski definition) is 8. The smallest absolute Gasteiger partial charge is 0.341 e. The first-order valence-corrected chi connectivity index (χ1v) is 32.9. The van der Waals surface area contributed by atoms with Gasteiger partial charge in [0.2, 0.25) is 0 Å². The summed E-state index contributed by atoms with van der Waals surface area (Å²) in [4.78, 5) is 95.5. The van der Waals surface area contributed by atoms with Crippen LogP contribution in [0.25, 0.3) is 89.3 Å². The Morgan fingerprint density at radius 3 is 0.821 bits per heavy atom. The number of halogens is 8. The van der Waals surface area contributed by atoms with Gasteiger partial charge in [-0.1, -0.05) is 48.5 Å². The molecule has 0 unspecified atom stereocenters. The summed E-state index contributed by atoms with van der Waals surface area (Å²) in [5.41, 5.74) is 7.60. The fraction of sp³-hybridized carbons (Fsp3) is 0.122. The molecule has 30 heteroatoms. The van der Waals surface area contributed by atoms with E-state index >= 15 is 0 Å². The second-order valence-corrected chi connectivity index (χ2v) is 24.8. The van der Waals surface area contributed by atoms with E-state index in [1.165, 1.54) is 36.7 Å². The van der Waals surface area contributed by atoms with Crippen LogP contribution in [0.3, 0.4) is 0 Å². The number of hydrogen-bond acceptors (Lipinski definition) is 14. The molecule has 0 fully saturated rings. The zero-order valence-corrected chi connectivity index (χ0v) is 60.0. The lowest BCUT2D eigenvalue weighted by molar-refractivity contribution is 0.0672. The van der Waals surface area contributed by atoms with Gasteiger partial charge in [-0.2, -0.15) is 5.10 Å². The number of aromatic nitrogens is 6. The summed E-state index contributed by atoms with van der Waals surface area (Å²) in [6, 6.07) is 40.6. The average molecular weight is 1540 g/mol. The van der Waals surface area contributed by atoms with Crippen molar-refractivity contribution in [3.63, 3.8) is 0 Å². The van der Waals surface area contributed by atoms with Gasteiger partial charge in [0.1, 0.15) is 11.1 Å². The standard InChI is InChI=1S/C34H28N2O4.C24H14F8O6.C20H16N2O4.C4H4N2O2/c1-19-13-27(14-20(2)35-19)31-17-30(24-7-11-26(12-8-24)34(39)40)32(28-15-21(3)36-22(4)16-28)18-29(31)23-5-9-25(10-6-23)33(37)38;1-37-5-7-3-10(12-17(27)21(31)14(24(35)36)22(32)18(12)28)8(6-38-2)4-9(7)11-15(25)19(29)13(23(33)34)20(30)16(11)26;1-11-17(13-3-7-15(8-4-13)19(23)24)22-12(2)18(21-11)14-5-9-16(10-6-14)20(25)26;7-4(8)3-1-5-6-2-3/h5-18H,1-4H3,(H,37,38)(H,39,40);3-4H,5-6H2,1-2H3,(H,33,34)(H,35,36);3-10H,1-2H3,(H,23,24)(H,25,26);1-2H,(H,5,6)(H,7,8). The van der Waals surface area contributed by atoms with E-state index in [1.54, 1.807) is 48.5 Å². The van der Waals surface area contributed by atoms with E-state index in [-0.39, 0.29) is 27.8 Å². The lowest BCUT2D eigenvalue weighted by atomic mass is 9.85. The Morgan fingerprint density at radius 1 is 0.321 bits per heavy atom. The number of rotatable bonds is 19. The Bertz CT molecular complexity index is 5290. The maximum absolute atomic E-state index is 14.9. The van der Waals surface area contributed by atoms with Gasteiger partial charge >= 0.3 is 41.8 Å². The maximum atomic E-state index is 14.9. The summed E-state index contributed by atoms with van der Waals surface area (Å²) in [7, 11) is 2.10. The van der Waals surface area contributed by atoms with Crippen LogP contribution in [0.1, 0.15) is 118 Å². The molecule has 0 spiro atoms. The summed E-state index contributed by atoms with van der Waals surface area (Å²) in [6.07, 6.45) is 2.57. The molecule has 0 bridgehead atoms. The molecule has 4 heterocycles. The highest BCUT2D eigenvalue weighted by Gasteiger charge is 2.35. The molecule has 22 nitrogen and oxygen atoms in total. The molecule has 0 saturated heterocycles. The van der Waals surface area contributed by atoms with E-state index < -0.39 is 146 Å². The van der Waals surface area contributed by atoms with E-state index in [9.17, 15) is 78.9 Å². The van der Waals surface area contributed by atoms with Gasteiger partial charge in [0.05, 0.1) is 81.1 Å². The minimum atomic E-state index is -2.31. The number of carboxylic acids is 7. The molecule has 0 atom stereocenters. The van der Waals surface area contributed by atoms with Crippen molar-refractivity contribution >= 4 is 41.8 Å². The highest BCUT2D eigenvalue weighted by atomic mass is 19.2. The van der Waals surface area contributed by atoms with E-state index in [0.29, 0.717) is 22.8 Å². The van der Waals surface area contributed by atoms with Crippen LogP contribution in [0.15, 0.2) is 158 Å². The first kappa shape index (κ1) is 82.1. The number of H-pyrrole nitrogens is 1. The Hall–Kier alpha value is -14.0. The molecule has 8 aromatic carbocycles. The lowest BCUT2D eigenvalue weighted by Crippen LogP contribution is -2.13. The van der Waals surface area contributed by atoms with Crippen LogP contribution in [0.2, 0.25) is 0 Å². The van der Waals surface area contributed by atoms with Gasteiger partial charge in [0.25, 0.3) is 0 Å². The number of methoxy groups -OCH3 is 2. The first-order valence-electron chi connectivity index (χ1n) is 32.9. The lowest BCUT2D eigenvalue weighted by Gasteiger charge is -2.19. The summed E-state index contributed by atoms with van der Waals surface area (Å²) in [5.74, 6) is -27.0. The number of carbonyl (C=O) groups is 7. The molecule has 0 saturated carbocycles. The van der Waals surface area contributed by atoms with Crippen LogP contribution in [0.5, 0.6) is 0 Å². The number of aromatic carboxylic acids is 7. The number of pyridine rings is 2. The third-order valence-corrected chi connectivity index (χ3v) is 17.1. The van der Waals surface area contributed by atoms with E-state index in [0.717, 1.165) is 105 Å². The van der Waals surface area contributed by atoms with Crippen molar-refractivity contribution < 1.29 is 114 Å². The van der Waals surface area contributed by atoms with Gasteiger partial charge in [-0.25, -0.2) is 78.7 Å². The van der Waals surface area contributed by atoms with Gasteiger partial charge < -0.3 is 45.2 Å². The van der Waals surface area contributed by atoms with Gasteiger partial charge in [-0.3, -0.25) is 15.1 Å². The van der Waals surface area contributed by atoms with E-state index in [2.05, 4.69) is 42.3 Å². The van der Waals surface area contributed by atoms with Crippen LogP contribution in [0.4, 0.5) is 35.1 Å². The van der Waals surface area contributed by atoms with Crippen molar-refractivity contribution in [3.8, 4) is 89.3 Å². The van der Waals surface area contributed by atoms with Crippen molar-refractivity contribution in [2.75, 3.05) is 14.2 Å². The maximum Gasteiger partial charge on any atom is 0.341 e. The molecular formula is C82H62F8N6O16. The van der Waals surface area contributed by atoms with Crippen LogP contribution in [-0.4, -0.2) is 122 Å². The van der Waals surface area contributed by atoms with Gasteiger partial charge in [0.15, 0.2) is 46.5 Å². The predicted molar refractivity (Wildman–Crippen MR) is 391 cm³/mol. The monoisotopic (exact) mass is 1540 g/mol. The third-order valence-electron chi connectivity index (χ3n) is 17.1. The molecule has 572 valence electrons. The molecule has 0 radical (unpaired) electrons. The largest absolute Gasteiger partial charge is 0.478 e. The van der Waals surface area contributed by atoms with Crippen molar-refractivity contribution in [1.82, 2.24) is 30.1 Å². The molecule has 0 aliphatic rings. The number of aromatic amines is 1. The minimum absolute atomic E-state index is 0.185. The Labute approximate surface area is 630 Å². The molecule has 0 aliphatic carbocycles. The van der Waals surface area contributed by atoms with Gasteiger partial charge in [0, 0.05) is 54.3 Å². The Kier molecular flexibility index (Phi) is 25.6. The topological polar surface area (TPSA) is 360 Å². The number of ether oxygens (including phenoxy) is 2. The average Bonchev–Trinajstić information content (AvgIpc) is 0.765. The van der Waals surface area contributed by atoms with Crippen LogP contribution in [0, 0.1) is 88.1 Å². The summed E-state index contributed by atoms with van der Waals surface area (Å²) in [6.45, 7) is 10.2. The van der Waals surface area contributed by atoms with Gasteiger partial charge in [-0.15, -0.1) is 0 Å². The molecule has 8 N–H and O–H groups in total. The first-order chi connectivity index (χ1) is 53.0. The summed E-state index contributed by atoms with van der Waals surface area (Å²) >= 11 is 0. The fourth-order valence-corrected chi connectivity index (χ4v) is 12.0. The SMILES string of the molecule is COCc1cc(-c2c(F)c(F)c(C(=O)O)c(F)c2F)c(COC)cc1-c1c(F)c(F)c(C(=O)O)c(F)c1F.Cc1cc(-c2cc(-c3ccc(C(=O)O)cc3)c(-c3cc(C)nc(C)c3)cc2-c2ccc(C(=O)O)cc2)cc(C)n1.Cc1nc(-c2ccc(C(=O)O)cc2)c(C)nc1-c1ccc(C(=O)O)cc1.O=C(O)c1cn[nH]c1. The fourth-order valence-electron chi connectivity index (χ4n) is 12.0. The molecule has 12 rings (SSSR count). The zero-order chi connectivity index (χ0) is 82.0. The molecular weight excluding hydrogens is 1480 g/mol. The van der Waals surface area contributed by atoms with Crippen LogP contribution in [-0.2, 0) is 22.7 Å². The van der Waals surface area contributed by atoms with Crippen molar-refractivity contribution in [1.29, 1.82) is 0 Å². The zero-order valence-electron chi connectivity index (χ0n) is 60.0. The Morgan fingerprint density at radius 2 is 0.589 bits per heavy atom. The number of nitrogens with one attached hydrogen (secondary N) is 1. The predicted octanol–water partition coefficient (Wildman–Crippen LogP) is 17.5. The number of aryl methyl sites for hydroxylation is 6. The number of benzene rings is 8. The highest BCUT2D eigenvalue weighted by molar-refractivity contribution is 5.98.